The van der Waals surface area contributed by atoms with E-state index in [1.54, 1.807) is 11.3 Å². The molecule has 0 unspecified atom stereocenters. The van der Waals surface area contributed by atoms with Crippen LogP contribution in [0.15, 0.2) is 51.4 Å². The van der Waals surface area contributed by atoms with Gasteiger partial charge in [0.1, 0.15) is 5.01 Å². The fraction of sp³-hybridized carbons (Fsp3) is 0.118. The third-order valence-electron chi connectivity index (χ3n) is 3.31. The first-order valence-corrected chi connectivity index (χ1v) is 8.95. The fourth-order valence-electron chi connectivity index (χ4n) is 2.15. The zero-order chi connectivity index (χ0) is 15.0. The molecule has 0 N–H and O–H groups in total. The zero-order valence-electron chi connectivity index (χ0n) is 11.7. The molecule has 106 valence electrons. The van der Waals surface area contributed by atoms with Crippen molar-refractivity contribution in [2.45, 2.75) is 13.8 Å². The van der Waals surface area contributed by atoms with Crippen molar-refractivity contribution < 1.29 is 0 Å². The van der Waals surface area contributed by atoms with Gasteiger partial charge in [0.2, 0.25) is 0 Å². The fourth-order valence-corrected chi connectivity index (χ4v) is 3.86. The molecule has 0 saturated heterocycles. The van der Waals surface area contributed by atoms with Crippen LogP contribution in [0, 0.1) is 13.8 Å². The highest BCUT2D eigenvalue weighted by Crippen LogP contribution is 2.35. The van der Waals surface area contributed by atoms with Crippen molar-refractivity contribution in [3.05, 3.63) is 61.9 Å². The Kier molecular flexibility index (Phi) is 4.29. The molecule has 1 aromatic heterocycles. The molecule has 2 aromatic carbocycles. The van der Waals surface area contributed by atoms with Crippen LogP contribution in [0.1, 0.15) is 10.4 Å². The summed E-state index contributed by atoms with van der Waals surface area (Å²) in [7, 11) is 0. The smallest absolute Gasteiger partial charge is 0.124 e. The first-order valence-electron chi connectivity index (χ1n) is 6.54. The predicted molar refractivity (Wildman–Crippen MR) is 97.9 cm³/mol. The van der Waals surface area contributed by atoms with Gasteiger partial charge in [-0.3, -0.25) is 0 Å². The number of hydrogen-bond acceptors (Lipinski definition) is 2. The number of aromatic nitrogens is 1. The standard InChI is InChI=1S/C17H13Br2NS/c1-10-6-7-13(9-15(10)19)17-20-16(11(2)21-17)12-4-3-5-14(18)8-12/h3-9H,1-2H3. The summed E-state index contributed by atoms with van der Waals surface area (Å²) in [4.78, 5) is 6.07. The van der Waals surface area contributed by atoms with Crippen LogP contribution in [-0.4, -0.2) is 4.98 Å². The van der Waals surface area contributed by atoms with Gasteiger partial charge in [-0.2, -0.15) is 0 Å². The van der Waals surface area contributed by atoms with E-state index in [9.17, 15) is 0 Å². The molecule has 0 aliphatic rings. The Balaban J connectivity index is 2.07. The minimum atomic E-state index is 1.06. The molecule has 21 heavy (non-hydrogen) atoms. The number of nitrogens with zero attached hydrogens (tertiary/aromatic N) is 1. The molecule has 0 amide bonds. The minimum absolute atomic E-state index is 1.06. The molecule has 0 bridgehead atoms. The van der Waals surface area contributed by atoms with Crippen LogP contribution in [-0.2, 0) is 0 Å². The summed E-state index contributed by atoms with van der Waals surface area (Å²) in [6.07, 6.45) is 0. The van der Waals surface area contributed by atoms with Gasteiger partial charge in [0.25, 0.3) is 0 Å². The molecule has 0 atom stereocenters. The predicted octanol–water partition coefficient (Wildman–Crippen LogP) is 6.62. The highest BCUT2D eigenvalue weighted by molar-refractivity contribution is 9.10. The van der Waals surface area contributed by atoms with Crippen molar-refractivity contribution in [3.8, 4) is 21.8 Å². The van der Waals surface area contributed by atoms with Crippen LogP contribution in [0.25, 0.3) is 21.8 Å². The van der Waals surface area contributed by atoms with Gasteiger partial charge < -0.3 is 0 Å². The molecule has 0 aliphatic heterocycles. The third kappa shape index (κ3) is 3.12. The Morgan fingerprint density at radius 1 is 0.952 bits per heavy atom. The maximum atomic E-state index is 4.84. The molecule has 0 radical (unpaired) electrons. The van der Waals surface area contributed by atoms with Crippen LogP contribution in [0.2, 0.25) is 0 Å². The molecule has 3 rings (SSSR count). The van der Waals surface area contributed by atoms with E-state index in [0.717, 1.165) is 30.8 Å². The van der Waals surface area contributed by atoms with E-state index in [1.807, 2.05) is 12.1 Å². The number of benzene rings is 2. The van der Waals surface area contributed by atoms with Gasteiger partial charge in [-0.25, -0.2) is 4.98 Å². The molecule has 0 aliphatic carbocycles. The van der Waals surface area contributed by atoms with Crippen LogP contribution < -0.4 is 0 Å². The van der Waals surface area contributed by atoms with Crippen molar-refractivity contribution in [1.82, 2.24) is 4.98 Å². The SMILES string of the molecule is Cc1ccc(-c2nc(-c3cccc(Br)c3)c(C)s2)cc1Br. The van der Waals surface area contributed by atoms with E-state index >= 15 is 0 Å². The lowest BCUT2D eigenvalue weighted by Crippen LogP contribution is -1.82. The van der Waals surface area contributed by atoms with Gasteiger partial charge in [0.15, 0.2) is 0 Å². The third-order valence-corrected chi connectivity index (χ3v) is 5.68. The van der Waals surface area contributed by atoms with E-state index < -0.39 is 0 Å². The molecular weight excluding hydrogens is 410 g/mol. The number of hydrogen-bond donors (Lipinski definition) is 0. The van der Waals surface area contributed by atoms with Crippen molar-refractivity contribution in [2.24, 2.45) is 0 Å². The van der Waals surface area contributed by atoms with Gasteiger partial charge in [0.05, 0.1) is 5.69 Å². The number of rotatable bonds is 2. The Hall–Kier alpha value is -0.970. The van der Waals surface area contributed by atoms with Crippen molar-refractivity contribution in [1.29, 1.82) is 0 Å². The Labute approximate surface area is 145 Å². The Morgan fingerprint density at radius 3 is 2.48 bits per heavy atom. The summed E-state index contributed by atoms with van der Waals surface area (Å²) in [6, 6.07) is 14.7. The number of halogens is 2. The molecule has 1 nitrogen and oxygen atoms in total. The van der Waals surface area contributed by atoms with Gasteiger partial charge in [-0.15, -0.1) is 11.3 Å². The average molecular weight is 423 g/mol. The Morgan fingerprint density at radius 2 is 1.76 bits per heavy atom. The van der Waals surface area contributed by atoms with Gasteiger partial charge in [-0.1, -0.05) is 56.1 Å². The van der Waals surface area contributed by atoms with E-state index in [4.69, 9.17) is 4.98 Å². The van der Waals surface area contributed by atoms with Gasteiger partial charge >= 0.3 is 0 Å². The second-order valence-electron chi connectivity index (χ2n) is 4.90. The second kappa shape index (κ2) is 6.03. The highest BCUT2D eigenvalue weighted by atomic mass is 79.9. The Bertz CT molecular complexity index is 808. The largest absolute Gasteiger partial charge is 0.236 e. The van der Waals surface area contributed by atoms with E-state index in [1.165, 1.54) is 10.4 Å². The maximum absolute atomic E-state index is 4.84. The molecular formula is C17H13Br2NS. The molecule has 0 fully saturated rings. The lowest BCUT2D eigenvalue weighted by Gasteiger charge is -2.01. The van der Waals surface area contributed by atoms with E-state index in [0.29, 0.717) is 0 Å². The molecule has 0 saturated carbocycles. The first-order chi connectivity index (χ1) is 10.0. The average Bonchev–Trinajstić information content (AvgIpc) is 2.84. The monoisotopic (exact) mass is 421 g/mol. The van der Waals surface area contributed by atoms with Crippen molar-refractivity contribution in [2.75, 3.05) is 0 Å². The summed E-state index contributed by atoms with van der Waals surface area (Å²) in [5, 5.41) is 1.06. The van der Waals surface area contributed by atoms with Gasteiger partial charge in [-0.05, 0) is 37.6 Å². The molecule has 0 spiro atoms. The normalized spacial score (nSPS) is 10.9. The van der Waals surface area contributed by atoms with Crippen molar-refractivity contribution in [3.63, 3.8) is 0 Å². The summed E-state index contributed by atoms with van der Waals surface area (Å²) in [6.45, 7) is 4.22. The quantitative estimate of drug-likeness (QED) is 0.452. The maximum Gasteiger partial charge on any atom is 0.124 e. The molecule has 3 aromatic rings. The first kappa shape index (κ1) is 14.9. The van der Waals surface area contributed by atoms with E-state index in [-0.39, 0.29) is 0 Å². The number of aryl methyl sites for hydroxylation is 2. The zero-order valence-corrected chi connectivity index (χ0v) is 15.6. The molecule has 4 heteroatoms. The van der Waals surface area contributed by atoms with Crippen LogP contribution in [0.3, 0.4) is 0 Å². The topological polar surface area (TPSA) is 12.9 Å². The number of thiazole rings is 1. The van der Waals surface area contributed by atoms with Crippen LogP contribution in [0.4, 0.5) is 0 Å². The van der Waals surface area contributed by atoms with E-state index in [2.05, 4.69) is 76.0 Å². The second-order valence-corrected chi connectivity index (χ2v) is 7.87. The van der Waals surface area contributed by atoms with Gasteiger partial charge in [0, 0.05) is 24.9 Å². The minimum Gasteiger partial charge on any atom is -0.236 e. The molecule has 1 heterocycles. The lowest BCUT2D eigenvalue weighted by molar-refractivity contribution is 1.36. The van der Waals surface area contributed by atoms with Crippen molar-refractivity contribution >= 4 is 43.2 Å². The highest BCUT2D eigenvalue weighted by Gasteiger charge is 2.12. The summed E-state index contributed by atoms with van der Waals surface area (Å²) < 4.78 is 2.20. The van der Waals surface area contributed by atoms with Crippen LogP contribution >= 0.6 is 43.2 Å². The summed E-state index contributed by atoms with van der Waals surface area (Å²) in [5.74, 6) is 0. The summed E-state index contributed by atoms with van der Waals surface area (Å²) >= 11 is 8.85. The summed E-state index contributed by atoms with van der Waals surface area (Å²) in [5.41, 5.74) is 4.60. The lowest BCUT2D eigenvalue weighted by atomic mass is 10.1. The van der Waals surface area contributed by atoms with Crippen LogP contribution in [0.5, 0.6) is 0 Å².